The van der Waals surface area contributed by atoms with Crippen molar-refractivity contribution in [1.82, 2.24) is 16.0 Å². The van der Waals surface area contributed by atoms with Crippen LogP contribution >= 0.6 is 0 Å². The molecule has 15 nitrogen and oxygen atoms in total. The molecule has 174 valence electrons. The molecule has 0 rings (SSSR count). The Morgan fingerprint density at radius 1 is 0.774 bits per heavy atom. The van der Waals surface area contributed by atoms with Crippen molar-refractivity contribution < 1.29 is 43.8 Å². The van der Waals surface area contributed by atoms with E-state index >= 15 is 0 Å². The first-order valence-electron chi connectivity index (χ1n) is 8.92. The fourth-order valence-corrected chi connectivity index (χ4v) is 2.19. The number of carbonyl (C=O) groups excluding carboxylic acids is 5. The molecule has 0 aliphatic carbocycles. The van der Waals surface area contributed by atoms with Gasteiger partial charge in [-0.2, -0.15) is 0 Å². The topological polar surface area (TPSA) is 274 Å². The van der Waals surface area contributed by atoms with Gasteiger partial charge in [-0.05, 0) is 13.3 Å². The molecule has 0 spiro atoms. The zero-order chi connectivity index (χ0) is 24.3. The van der Waals surface area contributed by atoms with Crippen molar-refractivity contribution in [3.63, 3.8) is 0 Å². The summed E-state index contributed by atoms with van der Waals surface area (Å²) in [5.41, 5.74) is 15.4. The van der Waals surface area contributed by atoms with Crippen molar-refractivity contribution in [2.75, 3.05) is 0 Å². The van der Waals surface area contributed by atoms with Crippen LogP contribution < -0.4 is 33.2 Å². The molecule has 0 heterocycles. The van der Waals surface area contributed by atoms with Crippen LogP contribution in [0, 0.1) is 0 Å². The maximum atomic E-state index is 12.4. The fourth-order valence-electron chi connectivity index (χ4n) is 2.19. The van der Waals surface area contributed by atoms with Crippen LogP contribution in [0.5, 0.6) is 0 Å². The van der Waals surface area contributed by atoms with Crippen molar-refractivity contribution >= 4 is 41.5 Å². The van der Waals surface area contributed by atoms with E-state index in [-0.39, 0.29) is 12.8 Å². The number of rotatable bonds is 14. The van der Waals surface area contributed by atoms with E-state index in [2.05, 4.69) is 10.6 Å². The average molecular weight is 446 g/mol. The first kappa shape index (κ1) is 27.2. The van der Waals surface area contributed by atoms with E-state index in [4.69, 9.17) is 27.4 Å². The number of nitrogens with two attached hydrogens (primary N) is 3. The van der Waals surface area contributed by atoms with Crippen LogP contribution in [0.3, 0.4) is 0 Å². The van der Waals surface area contributed by atoms with E-state index in [1.807, 2.05) is 5.32 Å². The first-order valence-corrected chi connectivity index (χ1v) is 8.92. The Morgan fingerprint density at radius 2 is 1.32 bits per heavy atom. The second-order valence-electron chi connectivity index (χ2n) is 6.57. The predicted molar refractivity (Wildman–Crippen MR) is 102 cm³/mol. The van der Waals surface area contributed by atoms with Crippen LogP contribution in [0.2, 0.25) is 0 Å². The van der Waals surface area contributed by atoms with Gasteiger partial charge in [0.25, 0.3) is 0 Å². The highest BCUT2D eigenvalue weighted by Gasteiger charge is 2.29. The van der Waals surface area contributed by atoms with Crippen LogP contribution in [0.1, 0.15) is 32.6 Å². The Bertz CT molecular complexity index is 741. The highest BCUT2D eigenvalue weighted by atomic mass is 16.4. The summed E-state index contributed by atoms with van der Waals surface area (Å²) >= 11 is 0. The summed E-state index contributed by atoms with van der Waals surface area (Å²) < 4.78 is 0. The van der Waals surface area contributed by atoms with Crippen molar-refractivity contribution in [3.8, 4) is 0 Å². The first-order chi connectivity index (χ1) is 14.2. The van der Waals surface area contributed by atoms with Crippen LogP contribution in [0.15, 0.2) is 0 Å². The molecular weight excluding hydrogens is 420 g/mol. The van der Waals surface area contributed by atoms with Gasteiger partial charge in [0.05, 0.1) is 18.9 Å². The molecule has 31 heavy (non-hydrogen) atoms. The number of hydrogen-bond acceptors (Lipinski definition) is 8. The van der Waals surface area contributed by atoms with Gasteiger partial charge in [0.1, 0.15) is 18.1 Å². The predicted octanol–water partition coefficient (Wildman–Crippen LogP) is -4.51. The quantitative estimate of drug-likeness (QED) is 0.126. The van der Waals surface area contributed by atoms with Gasteiger partial charge >= 0.3 is 11.9 Å². The Balaban J connectivity index is 5.16. The van der Waals surface area contributed by atoms with E-state index in [1.54, 1.807) is 0 Å². The largest absolute Gasteiger partial charge is 0.481 e. The second kappa shape index (κ2) is 12.7. The summed E-state index contributed by atoms with van der Waals surface area (Å²) in [4.78, 5) is 80.2. The van der Waals surface area contributed by atoms with Crippen LogP contribution in [0.4, 0.5) is 0 Å². The maximum Gasteiger partial charge on any atom is 0.326 e. The molecule has 0 aliphatic heterocycles. The number of primary amides is 2. The zero-order valence-corrected chi connectivity index (χ0v) is 16.6. The number of carboxylic acid groups (broad SMARTS) is 2. The minimum atomic E-state index is -1.62. The monoisotopic (exact) mass is 446 g/mol. The van der Waals surface area contributed by atoms with Crippen molar-refractivity contribution in [3.05, 3.63) is 0 Å². The van der Waals surface area contributed by atoms with E-state index in [1.165, 1.54) is 6.92 Å². The summed E-state index contributed by atoms with van der Waals surface area (Å²) in [6.07, 6.45) is -2.00. The van der Waals surface area contributed by atoms with Gasteiger partial charge < -0.3 is 43.4 Å². The molecule has 0 aliphatic rings. The van der Waals surface area contributed by atoms with Crippen LogP contribution in [-0.4, -0.2) is 75.9 Å². The van der Waals surface area contributed by atoms with Gasteiger partial charge in [-0.3, -0.25) is 28.8 Å². The molecule has 0 aromatic rings. The number of nitrogens with one attached hydrogen (secondary N) is 3. The Morgan fingerprint density at radius 3 is 1.77 bits per heavy atom. The molecule has 0 fully saturated rings. The van der Waals surface area contributed by atoms with E-state index < -0.39 is 78.5 Å². The normalized spacial score (nSPS) is 14.3. The summed E-state index contributed by atoms with van der Waals surface area (Å²) in [6.45, 7) is 1.19. The lowest BCUT2D eigenvalue weighted by Gasteiger charge is -2.23. The van der Waals surface area contributed by atoms with Gasteiger partial charge in [-0.15, -0.1) is 0 Å². The Kier molecular flexibility index (Phi) is 11.2. The zero-order valence-electron chi connectivity index (χ0n) is 16.6. The average Bonchev–Trinajstić information content (AvgIpc) is 2.62. The van der Waals surface area contributed by atoms with Crippen LogP contribution in [0.25, 0.3) is 0 Å². The minimum Gasteiger partial charge on any atom is -0.481 e. The Labute approximate surface area is 176 Å². The molecule has 15 heteroatoms. The summed E-state index contributed by atoms with van der Waals surface area (Å²) in [5.74, 6) is -7.54. The smallest absolute Gasteiger partial charge is 0.326 e. The van der Waals surface area contributed by atoms with Gasteiger partial charge in [-0.25, -0.2) is 4.79 Å². The molecule has 4 unspecified atom stereocenters. The van der Waals surface area contributed by atoms with Crippen LogP contribution in [-0.2, 0) is 33.6 Å². The molecule has 0 aromatic carbocycles. The van der Waals surface area contributed by atoms with Gasteiger partial charge in [0.2, 0.25) is 29.5 Å². The number of amides is 5. The summed E-state index contributed by atoms with van der Waals surface area (Å²) in [7, 11) is 0. The van der Waals surface area contributed by atoms with Crippen molar-refractivity contribution in [2.24, 2.45) is 17.2 Å². The highest BCUT2D eigenvalue weighted by molar-refractivity contribution is 5.95. The van der Waals surface area contributed by atoms with Gasteiger partial charge in [-0.1, -0.05) is 0 Å². The standard InChI is InChI=1S/C16H26N6O9/c1-6(13(27)22-9(16(30)31)5-11(19)24)20-15(29)8(2-3-10(18)23)21-14(28)7(17)4-12(25)26/h6-9H,2-5,17H2,1H3,(H2,18,23)(H2,19,24)(H,20,29)(H,21,28)(H,22,27)(H,25,26)(H,30,31). The third-order valence-corrected chi connectivity index (χ3v) is 3.82. The second-order valence-corrected chi connectivity index (χ2v) is 6.57. The lowest BCUT2D eigenvalue weighted by molar-refractivity contribution is -0.143. The molecule has 0 aromatic heterocycles. The number of carbonyl (C=O) groups is 7. The third kappa shape index (κ3) is 11.1. The molecule has 0 saturated carbocycles. The SMILES string of the molecule is CC(NC(=O)C(CCC(N)=O)NC(=O)C(N)CC(=O)O)C(=O)NC(CC(N)=O)C(=O)O. The highest BCUT2D eigenvalue weighted by Crippen LogP contribution is 2.01. The lowest BCUT2D eigenvalue weighted by atomic mass is 10.1. The molecule has 0 radical (unpaired) electrons. The van der Waals surface area contributed by atoms with E-state index in [0.29, 0.717) is 0 Å². The molecule has 11 N–H and O–H groups in total. The number of aliphatic carboxylic acids is 2. The van der Waals surface area contributed by atoms with E-state index in [9.17, 15) is 33.6 Å². The maximum absolute atomic E-state index is 12.4. The Hall–Kier alpha value is -3.75. The van der Waals surface area contributed by atoms with Gasteiger partial charge in [0, 0.05) is 6.42 Å². The molecule has 0 saturated heterocycles. The molecule has 5 amide bonds. The summed E-state index contributed by atoms with van der Waals surface area (Å²) in [6, 6.07) is -5.81. The van der Waals surface area contributed by atoms with Gasteiger partial charge in [0.15, 0.2) is 0 Å². The lowest BCUT2D eigenvalue weighted by Crippen LogP contribution is -2.56. The summed E-state index contributed by atoms with van der Waals surface area (Å²) in [5, 5.41) is 24.1. The minimum absolute atomic E-state index is 0.277. The molecular formula is C16H26N6O9. The number of carboxylic acids is 2. The number of hydrogen-bond donors (Lipinski definition) is 8. The molecule has 4 atom stereocenters. The molecule has 0 bridgehead atoms. The van der Waals surface area contributed by atoms with Crippen molar-refractivity contribution in [1.29, 1.82) is 0 Å². The third-order valence-electron chi connectivity index (χ3n) is 3.82. The fraction of sp³-hybridized carbons (Fsp3) is 0.562. The van der Waals surface area contributed by atoms with Crippen molar-refractivity contribution in [2.45, 2.75) is 56.8 Å². The van der Waals surface area contributed by atoms with E-state index in [0.717, 1.165) is 0 Å².